The number of halogens is 1. The highest BCUT2D eigenvalue weighted by molar-refractivity contribution is 7.18. The van der Waals surface area contributed by atoms with Gasteiger partial charge in [-0.2, -0.15) is 0 Å². The molecule has 0 spiro atoms. The number of rotatable bonds is 6. The first-order valence-corrected chi connectivity index (χ1v) is 10.3. The first kappa shape index (κ1) is 19.4. The molecule has 0 aliphatic carbocycles. The number of Topliss-reactive ketones (excluding diaryl/α,β-unsaturated/α-hetero) is 1. The van der Waals surface area contributed by atoms with Crippen LogP contribution in [-0.4, -0.2) is 19.9 Å². The molecule has 0 aliphatic heterocycles. The molecule has 7 heteroatoms. The number of hydrogen-bond acceptors (Lipinski definition) is 4. The molecule has 0 atom stereocenters. The van der Waals surface area contributed by atoms with Crippen molar-refractivity contribution < 1.29 is 4.79 Å². The SMILES string of the molecule is Cc1ccc(=O)n(-c2ccc(-n3cnc(CCC(=O)c4ccc(Cl)s4)c3)cc2)c1. The van der Waals surface area contributed by atoms with Crippen molar-refractivity contribution in [2.45, 2.75) is 19.8 Å². The Kier molecular flexibility index (Phi) is 5.47. The predicted molar refractivity (Wildman–Crippen MR) is 116 cm³/mol. The minimum Gasteiger partial charge on any atom is -0.306 e. The Bertz CT molecular complexity index is 1220. The molecular weight excluding hydrogens is 406 g/mol. The number of nitrogens with zero attached hydrogens (tertiary/aromatic N) is 3. The summed E-state index contributed by atoms with van der Waals surface area (Å²) in [6.45, 7) is 1.95. The van der Waals surface area contributed by atoms with Gasteiger partial charge in [0, 0.05) is 36.3 Å². The molecule has 0 fully saturated rings. The van der Waals surface area contributed by atoms with E-state index in [-0.39, 0.29) is 11.3 Å². The second-order valence-corrected chi connectivity index (χ2v) is 8.45. The van der Waals surface area contributed by atoms with E-state index < -0.39 is 0 Å². The van der Waals surface area contributed by atoms with Crippen LogP contribution >= 0.6 is 22.9 Å². The second-order valence-electron chi connectivity index (χ2n) is 6.73. The van der Waals surface area contributed by atoms with Crippen molar-refractivity contribution in [2.75, 3.05) is 0 Å². The van der Waals surface area contributed by atoms with Crippen molar-refractivity contribution in [1.82, 2.24) is 14.1 Å². The van der Waals surface area contributed by atoms with Gasteiger partial charge in [-0.25, -0.2) is 4.98 Å². The molecule has 0 unspecified atom stereocenters. The molecule has 0 saturated heterocycles. The molecule has 0 aliphatic rings. The number of benzene rings is 1. The summed E-state index contributed by atoms with van der Waals surface area (Å²) in [4.78, 5) is 29.4. The van der Waals surface area contributed by atoms with Crippen LogP contribution in [0.3, 0.4) is 0 Å². The first-order chi connectivity index (χ1) is 14.0. The predicted octanol–water partition coefficient (Wildman–Crippen LogP) is 4.86. The summed E-state index contributed by atoms with van der Waals surface area (Å²) in [5, 5.41) is 0. The largest absolute Gasteiger partial charge is 0.306 e. The number of aryl methyl sites for hydroxylation is 2. The fraction of sp³-hybridized carbons (Fsp3) is 0.136. The summed E-state index contributed by atoms with van der Waals surface area (Å²) in [6.07, 6.45) is 6.43. The number of aromatic nitrogens is 3. The molecule has 0 bridgehead atoms. The average Bonchev–Trinajstić information content (AvgIpc) is 3.37. The molecule has 5 nitrogen and oxygen atoms in total. The van der Waals surface area contributed by atoms with Crippen LogP contribution in [-0.2, 0) is 6.42 Å². The lowest BCUT2D eigenvalue weighted by molar-refractivity contribution is 0.0986. The molecule has 146 valence electrons. The average molecular weight is 424 g/mol. The van der Waals surface area contributed by atoms with Gasteiger partial charge in [0.1, 0.15) is 0 Å². The Morgan fingerprint density at radius 3 is 2.52 bits per heavy atom. The molecule has 1 aromatic carbocycles. The van der Waals surface area contributed by atoms with Crippen molar-refractivity contribution in [3.8, 4) is 11.4 Å². The lowest BCUT2D eigenvalue weighted by atomic mass is 10.1. The molecule has 3 aromatic heterocycles. The highest BCUT2D eigenvalue weighted by Gasteiger charge is 2.10. The number of carbonyl (C=O) groups excluding carboxylic acids is 1. The number of thiophene rings is 1. The topological polar surface area (TPSA) is 56.9 Å². The van der Waals surface area contributed by atoms with E-state index in [2.05, 4.69) is 4.98 Å². The monoisotopic (exact) mass is 423 g/mol. The fourth-order valence-corrected chi connectivity index (χ4v) is 4.05. The fourth-order valence-electron chi connectivity index (χ4n) is 3.04. The highest BCUT2D eigenvalue weighted by Crippen LogP contribution is 2.23. The van der Waals surface area contributed by atoms with Crippen LogP contribution in [0.1, 0.15) is 27.3 Å². The van der Waals surface area contributed by atoms with Gasteiger partial charge in [-0.15, -0.1) is 11.3 Å². The number of pyridine rings is 1. The van der Waals surface area contributed by atoms with Crippen LogP contribution in [0.15, 0.2) is 72.0 Å². The van der Waals surface area contributed by atoms with Gasteiger partial charge in [0.25, 0.3) is 5.56 Å². The molecule has 29 heavy (non-hydrogen) atoms. The highest BCUT2D eigenvalue weighted by atomic mass is 35.5. The Hall–Kier alpha value is -2.96. The molecule has 0 radical (unpaired) electrons. The van der Waals surface area contributed by atoms with Gasteiger partial charge in [-0.05, 0) is 55.3 Å². The van der Waals surface area contributed by atoms with Crippen molar-refractivity contribution in [2.24, 2.45) is 0 Å². The Morgan fingerprint density at radius 1 is 1.03 bits per heavy atom. The molecule has 0 saturated carbocycles. The third-order valence-electron chi connectivity index (χ3n) is 4.58. The molecule has 0 amide bonds. The molecule has 3 heterocycles. The zero-order valence-electron chi connectivity index (χ0n) is 15.7. The molecule has 4 rings (SSSR count). The van der Waals surface area contributed by atoms with Crippen LogP contribution in [0.2, 0.25) is 4.34 Å². The van der Waals surface area contributed by atoms with E-state index in [4.69, 9.17) is 11.6 Å². The third kappa shape index (κ3) is 4.39. The van der Waals surface area contributed by atoms with Crippen LogP contribution in [0, 0.1) is 6.92 Å². The first-order valence-electron chi connectivity index (χ1n) is 9.11. The summed E-state index contributed by atoms with van der Waals surface area (Å²) in [5.74, 6) is 0.0735. The quantitative estimate of drug-likeness (QED) is 0.416. The summed E-state index contributed by atoms with van der Waals surface area (Å²) in [7, 11) is 0. The second kappa shape index (κ2) is 8.19. The van der Waals surface area contributed by atoms with Gasteiger partial charge in [-0.1, -0.05) is 17.7 Å². The maximum absolute atomic E-state index is 12.2. The van der Waals surface area contributed by atoms with Gasteiger partial charge in [0.15, 0.2) is 5.78 Å². The van der Waals surface area contributed by atoms with Crippen LogP contribution < -0.4 is 5.56 Å². The maximum Gasteiger partial charge on any atom is 0.255 e. The standard InChI is InChI=1S/C22H18ClN3O2S/c1-15-2-11-22(28)26(12-15)18-6-4-17(5-7-18)25-13-16(24-14-25)3-8-19(27)20-9-10-21(23)29-20/h2,4-7,9-14H,3,8H2,1H3. The van der Waals surface area contributed by atoms with Crippen LogP contribution in [0.5, 0.6) is 0 Å². The van der Waals surface area contributed by atoms with E-state index in [0.717, 1.165) is 22.6 Å². The minimum atomic E-state index is -0.0648. The summed E-state index contributed by atoms with van der Waals surface area (Å²) in [6, 6.07) is 14.6. The smallest absolute Gasteiger partial charge is 0.255 e. The number of ketones is 1. The van der Waals surface area contributed by atoms with Gasteiger partial charge in [-0.3, -0.25) is 14.2 Å². The van der Waals surface area contributed by atoms with Crippen molar-refractivity contribution in [3.05, 3.63) is 98.1 Å². The van der Waals surface area contributed by atoms with E-state index in [1.807, 2.05) is 48.1 Å². The van der Waals surface area contributed by atoms with E-state index in [1.54, 1.807) is 35.2 Å². The lowest BCUT2D eigenvalue weighted by Gasteiger charge is -2.08. The summed E-state index contributed by atoms with van der Waals surface area (Å²) in [5.41, 5.74) is 3.55. The third-order valence-corrected chi connectivity index (χ3v) is 5.85. The number of carbonyl (C=O) groups is 1. The Balaban J connectivity index is 1.46. The molecule has 4 aromatic rings. The van der Waals surface area contributed by atoms with Crippen LogP contribution in [0.4, 0.5) is 0 Å². The molecule has 0 N–H and O–H groups in total. The lowest BCUT2D eigenvalue weighted by Crippen LogP contribution is -2.16. The van der Waals surface area contributed by atoms with E-state index >= 15 is 0 Å². The van der Waals surface area contributed by atoms with Crippen LogP contribution in [0.25, 0.3) is 11.4 Å². The Labute approximate surface area is 176 Å². The summed E-state index contributed by atoms with van der Waals surface area (Å²) < 4.78 is 4.15. The van der Waals surface area contributed by atoms with Crippen molar-refractivity contribution in [3.63, 3.8) is 0 Å². The molecular formula is C22H18ClN3O2S. The van der Waals surface area contributed by atoms with Gasteiger partial charge < -0.3 is 4.57 Å². The van der Waals surface area contributed by atoms with Crippen molar-refractivity contribution in [1.29, 1.82) is 0 Å². The van der Waals surface area contributed by atoms with E-state index in [1.165, 1.54) is 11.3 Å². The number of hydrogen-bond donors (Lipinski definition) is 0. The Morgan fingerprint density at radius 2 is 1.79 bits per heavy atom. The number of imidazole rings is 1. The zero-order chi connectivity index (χ0) is 20.4. The van der Waals surface area contributed by atoms with Gasteiger partial charge in [0.05, 0.1) is 21.2 Å². The van der Waals surface area contributed by atoms with Crippen molar-refractivity contribution >= 4 is 28.7 Å². The maximum atomic E-state index is 12.2. The zero-order valence-corrected chi connectivity index (χ0v) is 17.3. The normalized spacial score (nSPS) is 11.0. The van der Waals surface area contributed by atoms with Gasteiger partial charge in [0.2, 0.25) is 0 Å². The van der Waals surface area contributed by atoms with Gasteiger partial charge >= 0.3 is 0 Å². The minimum absolute atomic E-state index is 0.0648. The van der Waals surface area contributed by atoms with E-state index in [9.17, 15) is 9.59 Å². The summed E-state index contributed by atoms with van der Waals surface area (Å²) >= 11 is 7.19. The van der Waals surface area contributed by atoms with E-state index in [0.29, 0.717) is 22.1 Å².